The van der Waals surface area contributed by atoms with E-state index in [-0.39, 0.29) is 10.8 Å². The third kappa shape index (κ3) is 4.09. The summed E-state index contributed by atoms with van der Waals surface area (Å²) in [6.07, 6.45) is 6.49. The van der Waals surface area contributed by atoms with Crippen LogP contribution in [0.3, 0.4) is 0 Å². The molecule has 1 fully saturated rings. The van der Waals surface area contributed by atoms with Crippen LogP contribution in [-0.2, 0) is 21.1 Å². The lowest BCUT2D eigenvalue weighted by Gasteiger charge is -2.28. The normalized spacial score (nSPS) is 15.6. The molecule has 32 heavy (non-hydrogen) atoms. The number of rotatable bonds is 7. The van der Waals surface area contributed by atoms with Gasteiger partial charge in [0.05, 0.1) is 16.8 Å². The van der Waals surface area contributed by atoms with Gasteiger partial charge in [-0.15, -0.1) is 0 Å². The molecule has 1 aliphatic rings. The molecule has 1 heterocycles. The highest BCUT2D eigenvalue weighted by atomic mass is 32.2. The van der Waals surface area contributed by atoms with E-state index in [2.05, 4.69) is 10.4 Å². The average molecular weight is 452 g/mol. The maximum Gasteiger partial charge on any atom is 0.241 e. The van der Waals surface area contributed by atoms with Crippen LogP contribution < -0.4 is 5.32 Å². The van der Waals surface area contributed by atoms with Crippen LogP contribution in [0.1, 0.15) is 42.4 Å². The molecule has 0 spiro atoms. The number of amides is 1. The summed E-state index contributed by atoms with van der Waals surface area (Å²) >= 11 is 0. The van der Waals surface area contributed by atoms with Crippen LogP contribution in [0.15, 0.2) is 65.8 Å². The van der Waals surface area contributed by atoms with Crippen LogP contribution in [0.2, 0.25) is 0 Å². The zero-order chi connectivity index (χ0) is 22.8. The summed E-state index contributed by atoms with van der Waals surface area (Å²) in [5.74, 6) is -0.383. The molecule has 3 aromatic rings. The Morgan fingerprint density at radius 3 is 2.53 bits per heavy atom. The number of carbonyl (C=O) groups is 1. The van der Waals surface area contributed by atoms with Gasteiger partial charge in [-0.25, -0.2) is 13.1 Å². The van der Waals surface area contributed by atoms with Gasteiger partial charge in [0.2, 0.25) is 5.91 Å². The molecule has 0 saturated heterocycles. The molecule has 1 amide bonds. The molecule has 168 valence electrons. The Balaban J connectivity index is 1.48. The van der Waals surface area contributed by atoms with Gasteiger partial charge < -0.3 is 5.32 Å². The maximum atomic E-state index is 13.7. The second-order valence-electron chi connectivity index (χ2n) is 8.61. The van der Waals surface area contributed by atoms with Gasteiger partial charge in [-0.3, -0.25) is 4.79 Å². The van der Waals surface area contributed by atoms with Gasteiger partial charge in [0.15, 0.2) is 14.6 Å². The van der Waals surface area contributed by atoms with Crippen molar-refractivity contribution >= 4 is 15.7 Å². The zero-order valence-electron chi connectivity index (χ0n) is 18.5. The zero-order valence-corrected chi connectivity index (χ0v) is 19.4. The number of nitrogens with one attached hydrogen (secondary N) is 1. The molecule has 1 aliphatic carbocycles. The van der Waals surface area contributed by atoms with Crippen molar-refractivity contribution in [3.05, 3.63) is 77.6 Å². The Bertz CT molecular complexity index is 1210. The smallest absolute Gasteiger partial charge is 0.241 e. The first kappa shape index (κ1) is 22.3. The number of aryl methyl sites for hydroxylation is 2. The molecule has 7 heteroatoms. The summed E-state index contributed by atoms with van der Waals surface area (Å²) in [5, 5.41) is 7.30. The van der Waals surface area contributed by atoms with Crippen molar-refractivity contribution in [1.82, 2.24) is 15.1 Å². The molecule has 0 bridgehead atoms. The molecule has 1 saturated carbocycles. The predicted molar refractivity (Wildman–Crippen MR) is 125 cm³/mol. The van der Waals surface area contributed by atoms with Gasteiger partial charge in [0.1, 0.15) is 0 Å². The van der Waals surface area contributed by atoms with Gasteiger partial charge in [0.25, 0.3) is 0 Å². The van der Waals surface area contributed by atoms with E-state index in [1.807, 2.05) is 55.6 Å². The molecule has 1 aromatic heterocycles. The van der Waals surface area contributed by atoms with Crippen molar-refractivity contribution in [2.75, 3.05) is 6.54 Å². The van der Waals surface area contributed by atoms with Crippen molar-refractivity contribution in [2.45, 2.75) is 55.6 Å². The van der Waals surface area contributed by atoms with Crippen molar-refractivity contribution in [3.8, 4) is 5.69 Å². The van der Waals surface area contributed by atoms with Crippen LogP contribution in [-0.4, -0.2) is 35.4 Å². The van der Waals surface area contributed by atoms with E-state index in [4.69, 9.17) is 0 Å². The first-order valence-corrected chi connectivity index (χ1v) is 12.5. The fourth-order valence-corrected chi connectivity index (χ4v) is 6.86. The lowest BCUT2D eigenvalue weighted by Crippen LogP contribution is -2.51. The van der Waals surface area contributed by atoms with E-state index in [0.29, 0.717) is 31.4 Å². The SMILES string of the molecule is Cc1ccc(C)c(S(=O)(=O)C2(C(=O)NCCc3cnn(-c4ccccc4)c3)CCCC2)c1. The van der Waals surface area contributed by atoms with Crippen LogP contribution in [0.25, 0.3) is 5.69 Å². The molecule has 0 atom stereocenters. The van der Waals surface area contributed by atoms with Crippen LogP contribution >= 0.6 is 0 Å². The number of sulfone groups is 1. The van der Waals surface area contributed by atoms with Crippen molar-refractivity contribution in [3.63, 3.8) is 0 Å². The van der Waals surface area contributed by atoms with E-state index in [1.54, 1.807) is 23.9 Å². The van der Waals surface area contributed by atoms with Crippen molar-refractivity contribution in [1.29, 1.82) is 0 Å². The largest absolute Gasteiger partial charge is 0.354 e. The minimum Gasteiger partial charge on any atom is -0.354 e. The Labute approximate surface area is 189 Å². The predicted octanol–water partition coefficient (Wildman–Crippen LogP) is 3.93. The van der Waals surface area contributed by atoms with E-state index in [0.717, 1.165) is 29.7 Å². The summed E-state index contributed by atoms with van der Waals surface area (Å²) in [4.78, 5) is 13.6. The second kappa shape index (κ2) is 8.90. The first-order valence-electron chi connectivity index (χ1n) is 11.0. The highest BCUT2D eigenvalue weighted by Gasteiger charge is 2.53. The Kier molecular flexibility index (Phi) is 6.20. The quantitative estimate of drug-likeness (QED) is 0.590. The van der Waals surface area contributed by atoms with Gasteiger partial charge in [0, 0.05) is 12.7 Å². The molecule has 4 rings (SSSR count). The fraction of sp³-hybridized carbons (Fsp3) is 0.360. The molecule has 0 radical (unpaired) electrons. The minimum atomic E-state index is -3.81. The first-order chi connectivity index (χ1) is 15.3. The Hall–Kier alpha value is -2.93. The molecule has 6 nitrogen and oxygen atoms in total. The van der Waals surface area contributed by atoms with Crippen LogP contribution in [0.4, 0.5) is 0 Å². The van der Waals surface area contributed by atoms with Gasteiger partial charge in [-0.2, -0.15) is 5.10 Å². The molecular weight excluding hydrogens is 422 g/mol. The topological polar surface area (TPSA) is 81.1 Å². The monoisotopic (exact) mass is 451 g/mol. The van der Waals surface area contributed by atoms with Gasteiger partial charge in [-0.05, 0) is 68.0 Å². The number of carbonyl (C=O) groups excluding carboxylic acids is 1. The van der Waals surface area contributed by atoms with Gasteiger partial charge >= 0.3 is 0 Å². The molecule has 1 N–H and O–H groups in total. The third-order valence-electron chi connectivity index (χ3n) is 6.33. The second-order valence-corrected chi connectivity index (χ2v) is 10.8. The summed E-state index contributed by atoms with van der Waals surface area (Å²) < 4.78 is 27.8. The van der Waals surface area contributed by atoms with Crippen LogP contribution in [0.5, 0.6) is 0 Å². The molecule has 0 unspecified atom stereocenters. The summed E-state index contributed by atoms with van der Waals surface area (Å²) in [6, 6.07) is 15.2. The van der Waals surface area contributed by atoms with Crippen molar-refractivity contribution < 1.29 is 13.2 Å². The Morgan fingerprint density at radius 2 is 1.81 bits per heavy atom. The van der Waals surface area contributed by atoms with E-state index in [9.17, 15) is 13.2 Å². The van der Waals surface area contributed by atoms with E-state index < -0.39 is 14.6 Å². The number of para-hydroxylation sites is 1. The highest BCUT2D eigenvalue weighted by molar-refractivity contribution is 7.93. The molecule has 2 aromatic carbocycles. The maximum absolute atomic E-state index is 13.7. The highest BCUT2D eigenvalue weighted by Crippen LogP contribution is 2.41. The summed E-state index contributed by atoms with van der Waals surface area (Å²) in [6.45, 7) is 4.02. The van der Waals surface area contributed by atoms with Gasteiger partial charge in [-0.1, -0.05) is 43.2 Å². The number of nitrogens with zero attached hydrogens (tertiary/aromatic N) is 2. The lowest BCUT2D eigenvalue weighted by molar-refractivity contribution is -0.123. The molecular formula is C25H29N3O3S. The summed E-state index contributed by atoms with van der Waals surface area (Å²) in [5.41, 5.74) is 3.50. The number of hydrogen-bond donors (Lipinski definition) is 1. The van der Waals surface area contributed by atoms with E-state index in [1.165, 1.54) is 0 Å². The van der Waals surface area contributed by atoms with Crippen molar-refractivity contribution in [2.24, 2.45) is 0 Å². The van der Waals surface area contributed by atoms with Crippen LogP contribution in [0, 0.1) is 13.8 Å². The average Bonchev–Trinajstić information content (AvgIpc) is 3.47. The number of hydrogen-bond acceptors (Lipinski definition) is 4. The number of aromatic nitrogens is 2. The fourth-order valence-electron chi connectivity index (χ4n) is 4.46. The van der Waals surface area contributed by atoms with E-state index >= 15 is 0 Å². The Morgan fingerprint density at radius 1 is 1.09 bits per heavy atom. The lowest BCUT2D eigenvalue weighted by atomic mass is 10.1. The summed E-state index contributed by atoms with van der Waals surface area (Å²) in [7, 11) is -3.81. The third-order valence-corrected chi connectivity index (χ3v) is 8.97. The molecule has 0 aliphatic heterocycles. The number of benzene rings is 2. The minimum absolute atomic E-state index is 0.277. The standard InChI is InChI=1S/C25H29N3O3S/c1-19-10-11-20(2)23(16-19)32(30,31)25(13-6-7-14-25)24(29)26-15-12-21-17-27-28(18-21)22-8-4-3-5-9-22/h3-5,8-11,16-18H,6-7,12-15H2,1-2H3,(H,26,29).